The molecule has 1 aliphatic rings. The summed E-state index contributed by atoms with van der Waals surface area (Å²) in [6.07, 6.45) is 3.07. The largest absolute Gasteiger partial charge is 0.481 e. The predicted octanol–water partition coefficient (Wildman–Crippen LogP) is 2.38. The molecule has 124 valence electrons. The van der Waals surface area contributed by atoms with Crippen LogP contribution in [0.1, 0.15) is 37.7 Å². The molecular formula is C16H20N2O5. The predicted molar refractivity (Wildman–Crippen MR) is 83.0 cm³/mol. The van der Waals surface area contributed by atoms with Crippen LogP contribution in [-0.2, 0) is 16.0 Å². The molecule has 1 fully saturated rings. The van der Waals surface area contributed by atoms with Crippen LogP contribution in [0.25, 0.3) is 0 Å². The summed E-state index contributed by atoms with van der Waals surface area (Å²) in [4.78, 5) is 35.6. The van der Waals surface area contributed by atoms with Crippen LogP contribution in [0.15, 0.2) is 24.3 Å². The Hall–Kier alpha value is -2.44. The molecule has 7 heteroatoms. The second-order valence-corrected chi connectivity index (χ2v) is 5.73. The zero-order valence-corrected chi connectivity index (χ0v) is 12.8. The van der Waals surface area contributed by atoms with Gasteiger partial charge in [-0.3, -0.25) is 19.7 Å². The summed E-state index contributed by atoms with van der Waals surface area (Å²) in [5.41, 5.74) is 0.338. The van der Waals surface area contributed by atoms with E-state index in [1.165, 1.54) is 6.07 Å². The highest BCUT2D eigenvalue weighted by Gasteiger charge is 2.28. The fourth-order valence-electron chi connectivity index (χ4n) is 3.02. The molecule has 0 saturated carbocycles. The first-order valence-corrected chi connectivity index (χ1v) is 7.72. The Morgan fingerprint density at radius 1 is 1.30 bits per heavy atom. The number of carboxylic acid groups (broad SMARTS) is 1. The van der Waals surface area contributed by atoms with E-state index in [1.54, 1.807) is 23.1 Å². The van der Waals surface area contributed by atoms with Crippen LogP contribution in [0.2, 0.25) is 0 Å². The molecule has 2 rings (SSSR count). The fraction of sp³-hybridized carbons (Fsp3) is 0.500. The van der Waals surface area contributed by atoms with Gasteiger partial charge in [-0.1, -0.05) is 18.2 Å². The number of carbonyl (C=O) groups excluding carboxylic acids is 1. The van der Waals surface area contributed by atoms with Gasteiger partial charge in [0.25, 0.3) is 5.69 Å². The molecule has 0 radical (unpaired) electrons. The van der Waals surface area contributed by atoms with Gasteiger partial charge in [-0.15, -0.1) is 0 Å². The standard InChI is InChI=1S/C16H20N2O5/c19-15(11-12-5-1-2-7-14(12)18(22)23)17-10-4-3-6-13(17)8-9-16(20)21/h1-2,5,7,13H,3-4,6,8-11H2,(H,20,21). The molecule has 1 heterocycles. The average Bonchev–Trinajstić information content (AvgIpc) is 2.53. The maximum absolute atomic E-state index is 12.6. The molecule has 1 aromatic carbocycles. The molecule has 1 unspecified atom stereocenters. The van der Waals surface area contributed by atoms with Gasteiger partial charge in [0.15, 0.2) is 0 Å². The molecule has 1 N–H and O–H groups in total. The molecule has 1 aliphatic heterocycles. The van der Waals surface area contributed by atoms with Crippen LogP contribution in [0.4, 0.5) is 5.69 Å². The van der Waals surface area contributed by atoms with Crippen molar-refractivity contribution in [2.75, 3.05) is 6.54 Å². The zero-order chi connectivity index (χ0) is 16.8. The van der Waals surface area contributed by atoms with Gasteiger partial charge in [0.2, 0.25) is 5.91 Å². The van der Waals surface area contributed by atoms with Crippen molar-refractivity contribution in [2.24, 2.45) is 0 Å². The lowest BCUT2D eigenvalue weighted by Crippen LogP contribution is -2.44. The van der Waals surface area contributed by atoms with Gasteiger partial charge in [-0.2, -0.15) is 0 Å². The summed E-state index contributed by atoms with van der Waals surface area (Å²) >= 11 is 0. The number of nitro benzene ring substituents is 1. The lowest BCUT2D eigenvalue weighted by Gasteiger charge is -2.35. The molecule has 0 bridgehead atoms. The fourth-order valence-corrected chi connectivity index (χ4v) is 3.02. The average molecular weight is 320 g/mol. The van der Waals surface area contributed by atoms with Gasteiger partial charge in [0, 0.05) is 30.6 Å². The van der Waals surface area contributed by atoms with Gasteiger partial charge < -0.3 is 10.0 Å². The van der Waals surface area contributed by atoms with Crippen LogP contribution < -0.4 is 0 Å². The van der Waals surface area contributed by atoms with Crippen molar-refractivity contribution in [1.82, 2.24) is 4.90 Å². The van der Waals surface area contributed by atoms with E-state index in [2.05, 4.69) is 0 Å². The van der Waals surface area contributed by atoms with Gasteiger partial charge >= 0.3 is 5.97 Å². The number of hydrogen-bond donors (Lipinski definition) is 1. The number of piperidine rings is 1. The minimum absolute atomic E-state index is 0.0271. The molecule has 0 aliphatic carbocycles. The van der Waals surface area contributed by atoms with E-state index < -0.39 is 10.9 Å². The first kappa shape index (κ1) is 16.9. The summed E-state index contributed by atoms with van der Waals surface area (Å²) in [6.45, 7) is 0.587. The van der Waals surface area contributed by atoms with E-state index in [1.807, 2.05) is 0 Å². The summed E-state index contributed by atoms with van der Waals surface area (Å²) in [6, 6.07) is 6.14. The quantitative estimate of drug-likeness (QED) is 0.640. The number of nitrogens with zero attached hydrogens (tertiary/aromatic N) is 2. The van der Waals surface area contributed by atoms with Crippen LogP contribution >= 0.6 is 0 Å². The number of carboxylic acids is 1. The summed E-state index contributed by atoms with van der Waals surface area (Å²) in [5.74, 6) is -1.05. The van der Waals surface area contributed by atoms with Crippen LogP contribution in [0.3, 0.4) is 0 Å². The van der Waals surface area contributed by atoms with E-state index in [4.69, 9.17) is 5.11 Å². The number of carbonyl (C=O) groups is 2. The lowest BCUT2D eigenvalue weighted by atomic mass is 9.97. The number of hydrogen-bond acceptors (Lipinski definition) is 4. The SMILES string of the molecule is O=C(O)CCC1CCCCN1C(=O)Cc1ccccc1[N+](=O)[O-]. The van der Waals surface area contributed by atoms with E-state index in [9.17, 15) is 19.7 Å². The summed E-state index contributed by atoms with van der Waals surface area (Å²) < 4.78 is 0. The van der Waals surface area contributed by atoms with Crippen molar-refractivity contribution >= 4 is 17.6 Å². The highest BCUT2D eigenvalue weighted by atomic mass is 16.6. The van der Waals surface area contributed by atoms with Gasteiger partial charge in [-0.05, 0) is 25.7 Å². The second-order valence-electron chi connectivity index (χ2n) is 5.73. The highest BCUT2D eigenvalue weighted by molar-refractivity contribution is 5.80. The summed E-state index contributed by atoms with van der Waals surface area (Å²) in [7, 11) is 0. The normalized spacial score (nSPS) is 17.7. The van der Waals surface area contributed by atoms with Crippen molar-refractivity contribution < 1.29 is 19.6 Å². The molecule has 1 aromatic rings. The molecule has 0 aromatic heterocycles. The Bertz CT molecular complexity index is 602. The third-order valence-corrected chi connectivity index (χ3v) is 4.17. The van der Waals surface area contributed by atoms with Crippen molar-refractivity contribution in [2.45, 2.75) is 44.6 Å². The topological polar surface area (TPSA) is 101 Å². The maximum Gasteiger partial charge on any atom is 0.303 e. The smallest absolute Gasteiger partial charge is 0.303 e. The van der Waals surface area contributed by atoms with Crippen molar-refractivity contribution in [3.05, 3.63) is 39.9 Å². The number of aliphatic carboxylic acids is 1. The molecule has 1 atom stereocenters. The summed E-state index contributed by atoms with van der Waals surface area (Å²) in [5, 5.41) is 19.9. The lowest BCUT2D eigenvalue weighted by molar-refractivity contribution is -0.385. The number of benzene rings is 1. The van der Waals surface area contributed by atoms with E-state index in [0.29, 0.717) is 18.5 Å². The molecule has 0 spiro atoms. The van der Waals surface area contributed by atoms with E-state index >= 15 is 0 Å². The van der Waals surface area contributed by atoms with E-state index in [-0.39, 0.29) is 30.5 Å². The molecular weight excluding hydrogens is 300 g/mol. The first-order chi connectivity index (χ1) is 11.0. The van der Waals surface area contributed by atoms with Crippen LogP contribution in [0, 0.1) is 10.1 Å². The maximum atomic E-state index is 12.6. The number of para-hydroxylation sites is 1. The van der Waals surface area contributed by atoms with E-state index in [0.717, 1.165) is 19.3 Å². The Labute approximate surface area is 134 Å². The van der Waals surface area contributed by atoms with Crippen molar-refractivity contribution in [1.29, 1.82) is 0 Å². The number of rotatable bonds is 6. The van der Waals surface area contributed by atoms with Gasteiger partial charge in [0.1, 0.15) is 0 Å². The highest BCUT2D eigenvalue weighted by Crippen LogP contribution is 2.24. The minimum atomic E-state index is -0.873. The Balaban J connectivity index is 2.08. The van der Waals surface area contributed by atoms with Crippen molar-refractivity contribution in [3.63, 3.8) is 0 Å². The Kier molecular flexibility index (Phi) is 5.67. The number of nitro groups is 1. The third-order valence-electron chi connectivity index (χ3n) is 4.17. The third kappa shape index (κ3) is 4.51. The number of likely N-dealkylation sites (tertiary alicyclic amines) is 1. The first-order valence-electron chi connectivity index (χ1n) is 7.72. The minimum Gasteiger partial charge on any atom is -0.481 e. The van der Waals surface area contributed by atoms with Crippen LogP contribution in [0.5, 0.6) is 0 Å². The molecule has 1 amide bonds. The molecule has 1 saturated heterocycles. The van der Waals surface area contributed by atoms with Crippen LogP contribution in [-0.4, -0.2) is 39.4 Å². The second kappa shape index (κ2) is 7.71. The monoisotopic (exact) mass is 320 g/mol. The van der Waals surface area contributed by atoms with Gasteiger partial charge in [0.05, 0.1) is 11.3 Å². The Morgan fingerprint density at radius 3 is 2.74 bits per heavy atom. The van der Waals surface area contributed by atoms with Crippen molar-refractivity contribution in [3.8, 4) is 0 Å². The Morgan fingerprint density at radius 2 is 2.04 bits per heavy atom. The molecule has 7 nitrogen and oxygen atoms in total. The zero-order valence-electron chi connectivity index (χ0n) is 12.8. The van der Waals surface area contributed by atoms with Gasteiger partial charge in [-0.25, -0.2) is 0 Å². The molecule has 23 heavy (non-hydrogen) atoms. The number of amides is 1.